The zero-order chi connectivity index (χ0) is 49.7. The first-order chi connectivity index (χ1) is 32.6. The normalized spacial score (nSPS) is 29.4. The van der Waals surface area contributed by atoms with Crippen molar-refractivity contribution in [2.45, 2.75) is 139 Å². The number of rotatable bonds is 11. The number of nitrogens with one attached hydrogen (secondary N) is 2. The van der Waals surface area contributed by atoms with Gasteiger partial charge in [0, 0.05) is 42.0 Å². The minimum absolute atomic E-state index is 0.0347. The molecular formula is C48H59F3N6O10S2. The molecule has 2 aromatic heterocycles. The smallest absolute Gasteiger partial charge is 0.414 e. The van der Waals surface area contributed by atoms with E-state index in [1.807, 2.05) is 39.0 Å². The van der Waals surface area contributed by atoms with Crippen LogP contribution >= 0.6 is 11.3 Å². The number of carbonyl (C=O) groups is 4. The SMILES string of the molecule is CC(C)Oc1ccc(-c2cc(O[C@@H]3C[C@H]4C(=O)N[C@]5(C(=O)NS(=O)(=O)C6(C)CC6)C[C@H]5C=CCC[C@@H](C)C[C@@H](C)[C@H](N(C(=O)O)C5(C(F)(F)F)CCCOC5)C(=O)N4C3)cc(-c3cscn3)n2)cc1. The number of benzene rings is 1. The van der Waals surface area contributed by atoms with Crippen molar-refractivity contribution in [3.63, 3.8) is 0 Å². The average molecular weight is 1000 g/mol. The standard InChI is InChI=1S/C48H59F3N6O10S2/c1-28(2)66-33-13-11-31(12-14-33)36-20-34(21-37(53-36)38-25-68-27-52-38)67-35-22-39-41(58)54-47(43(60)55-69(63,64)45(5)16-17-45)23-32(47)10-7-6-9-29(3)19-30(4)40(42(59)56(39)24-35)57(44(61)62)46(48(49,50)51)15-8-18-65-26-46/h7,10-14,20-21,25,27-30,32,35,39-40H,6,8-9,15-19,22-24,26H2,1-5H3,(H,54,58)(H,55,60)(H,61,62)/t29-,30-,32-,35-,39+,40+,46?,47-/m1/s1. The van der Waals surface area contributed by atoms with Crippen LogP contribution in [0.15, 0.2) is 59.4 Å². The molecule has 5 aliphatic rings. The number of nitrogens with zero attached hydrogens (tertiary/aromatic N) is 4. The number of carboxylic acid groups (broad SMARTS) is 1. The molecule has 69 heavy (non-hydrogen) atoms. The van der Waals surface area contributed by atoms with Crippen molar-refractivity contribution in [3.8, 4) is 34.1 Å². The third-order valence-corrected chi connectivity index (χ3v) is 17.0. The minimum atomic E-state index is -5.17. The molecule has 4 fully saturated rings. The van der Waals surface area contributed by atoms with Gasteiger partial charge in [-0.15, -0.1) is 11.3 Å². The second-order valence-corrected chi connectivity index (χ2v) is 22.8. The van der Waals surface area contributed by atoms with Gasteiger partial charge in [-0.25, -0.2) is 23.2 Å². The number of ether oxygens (including phenoxy) is 3. The molecule has 2 saturated heterocycles. The van der Waals surface area contributed by atoms with Crippen LogP contribution in [0.1, 0.15) is 92.4 Å². The zero-order valence-electron chi connectivity index (χ0n) is 39.2. The fourth-order valence-corrected chi connectivity index (χ4v) is 11.9. The number of aromatic nitrogens is 2. The molecule has 5 heterocycles. The second-order valence-electron chi connectivity index (χ2n) is 19.9. The number of allylic oxidation sites excluding steroid dienone is 1. The summed E-state index contributed by atoms with van der Waals surface area (Å²) in [5.41, 5.74) is -1.04. The number of carbonyl (C=O) groups excluding carboxylic acids is 3. The Kier molecular flexibility index (Phi) is 13.9. The number of sulfonamides is 1. The molecule has 2 saturated carbocycles. The van der Waals surface area contributed by atoms with Gasteiger partial charge >= 0.3 is 12.3 Å². The van der Waals surface area contributed by atoms with Crippen LogP contribution in [0.5, 0.6) is 11.5 Å². The molecule has 8 atom stereocenters. The number of pyridine rings is 1. The number of thiazole rings is 1. The minimum Gasteiger partial charge on any atom is -0.491 e. The van der Waals surface area contributed by atoms with Gasteiger partial charge in [0.1, 0.15) is 35.2 Å². The van der Waals surface area contributed by atoms with E-state index >= 15 is 18.0 Å². The number of hydrogen-bond acceptors (Lipinski definition) is 12. The van der Waals surface area contributed by atoms with Gasteiger partial charge in [0.15, 0.2) is 5.54 Å². The highest BCUT2D eigenvalue weighted by Gasteiger charge is 2.66. The average Bonchev–Trinajstić information content (AvgIpc) is 4.04. The van der Waals surface area contributed by atoms with E-state index in [4.69, 9.17) is 19.2 Å². The predicted octanol–water partition coefficient (Wildman–Crippen LogP) is 7.35. The first-order valence-electron chi connectivity index (χ1n) is 23.4. The van der Waals surface area contributed by atoms with Crippen molar-refractivity contribution < 1.29 is 60.1 Å². The van der Waals surface area contributed by atoms with Gasteiger partial charge in [0.2, 0.25) is 21.8 Å². The van der Waals surface area contributed by atoms with Gasteiger partial charge in [-0.2, -0.15) is 13.2 Å². The van der Waals surface area contributed by atoms with Gasteiger partial charge in [-0.3, -0.25) is 24.0 Å². The van der Waals surface area contributed by atoms with E-state index in [1.54, 1.807) is 48.2 Å². The fourth-order valence-electron chi connectivity index (χ4n) is 10.0. The van der Waals surface area contributed by atoms with Crippen LogP contribution in [0.4, 0.5) is 18.0 Å². The third kappa shape index (κ3) is 10.2. The summed E-state index contributed by atoms with van der Waals surface area (Å²) >= 11 is 1.35. The molecule has 8 rings (SSSR count). The van der Waals surface area contributed by atoms with E-state index in [2.05, 4.69) is 15.0 Å². The van der Waals surface area contributed by atoms with Crippen LogP contribution in [-0.4, -0.2) is 123 Å². The maximum Gasteiger partial charge on any atom is 0.414 e. The summed E-state index contributed by atoms with van der Waals surface area (Å²) in [5, 5.41) is 15.5. The Morgan fingerprint density at radius 3 is 2.41 bits per heavy atom. The van der Waals surface area contributed by atoms with Gasteiger partial charge in [-0.05, 0) is 108 Å². The Hall–Kier alpha value is -5.28. The molecule has 4 amide bonds. The van der Waals surface area contributed by atoms with E-state index in [1.165, 1.54) is 18.3 Å². The summed E-state index contributed by atoms with van der Waals surface area (Å²) in [7, 11) is -4.16. The monoisotopic (exact) mass is 1000 g/mol. The first-order valence-corrected chi connectivity index (χ1v) is 25.9. The number of alkyl halides is 3. The Morgan fingerprint density at radius 2 is 1.78 bits per heavy atom. The molecular weight excluding hydrogens is 942 g/mol. The van der Waals surface area contributed by atoms with E-state index < -0.39 is 98.9 Å². The Bertz CT molecular complexity index is 2550. The number of halogens is 3. The van der Waals surface area contributed by atoms with Crippen LogP contribution < -0.4 is 19.5 Å². The highest BCUT2D eigenvalue weighted by molar-refractivity contribution is 7.91. The lowest BCUT2D eigenvalue weighted by molar-refractivity contribution is -0.260. The van der Waals surface area contributed by atoms with Crippen LogP contribution in [0, 0.1) is 17.8 Å². The summed E-state index contributed by atoms with van der Waals surface area (Å²) in [6.45, 7) is 7.31. The predicted molar refractivity (Wildman–Crippen MR) is 249 cm³/mol. The highest BCUT2D eigenvalue weighted by Crippen LogP contribution is 2.49. The third-order valence-electron chi connectivity index (χ3n) is 14.2. The van der Waals surface area contributed by atoms with Crippen molar-refractivity contribution >= 4 is 45.2 Å². The van der Waals surface area contributed by atoms with Crippen LogP contribution in [0.25, 0.3) is 22.6 Å². The molecule has 3 aliphatic heterocycles. The van der Waals surface area contributed by atoms with Gasteiger partial charge in [0.05, 0.1) is 46.6 Å². The summed E-state index contributed by atoms with van der Waals surface area (Å²) in [4.78, 5) is 68.7. The van der Waals surface area contributed by atoms with Gasteiger partial charge in [-0.1, -0.05) is 26.0 Å². The highest BCUT2D eigenvalue weighted by atomic mass is 32.2. The van der Waals surface area contributed by atoms with Gasteiger partial charge in [0.25, 0.3) is 5.91 Å². The lowest BCUT2D eigenvalue weighted by Gasteiger charge is -2.50. The lowest BCUT2D eigenvalue weighted by atomic mass is 9.82. The van der Waals surface area contributed by atoms with Crippen molar-refractivity contribution in [2.75, 3.05) is 19.8 Å². The lowest BCUT2D eigenvalue weighted by Crippen LogP contribution is -2.71. The molecule has 1 aromatic carbocycles. The fraction of sp³-hybridized carbons (Fsp3) is 0.583. The van der Waals surface area contributed by atoms with E-state index in [9.17, 15) is 27.9 Å². The zero-order valence-corrected chi connectivity index (χ0v) is 40.8. The molecule has 0 spiro atoms. The van der Waals surface area contributed by atoms with E-state index in [-0.39, 0.29) is 61.5 Å². The van der Waals surface area contributed by atoms with Crippen molar-refractivity contribution in [1.82, 2.24) is 29.8 Å². The quantitative estimate of drug-likeness (QED) is 0.161. The van der Waals surface area contributed by atoms with Crippen LogP contribution in [0.2, 0.25) is 0 Å². The van der Waals surface area contributed by atoms with Gasteiger partial charge < -0.3 is 29.5 Å². The van der Waals surface area contributed by atoms with E-state index in [0.717, 1.165) is 4.90 Å². The van der Waals surface area contributed by atoms with E-state index in [0.29, 0.717) is 54.1 Å². The molecule has 16 nitrogen and oxygen atoms in total. The first kappa shape index (κ1) is 50.1. The number of hydrogen-bond donors (Lipinski definition) is 3. The Labute approximate surface area is 403 Å². The molecule has 0 bridgehead atoms. The molecule has 1 unspecified atom stereocenters. The molecule has 2 aliphatic carbocycles. The topological polar surface area (TPSA) is 207 Å². The maximum atomic E-state index is 15.5. The molecule has 374 valence electrons. The molecule has 21 heteroatoms. The van der Waals surface area contributed by atoms with Crippen molar-refractivity contribution in [1.29, 1.82) is 0 Å². The molecule has 3 N–H and O–H groups in total. The second kappa shape index (κ2) is 19.1. The number of amides is 4. The van der Waals surface area contributed by atoms with Crippen LogP contribution in [-0.2, 0) is 29.1 Å². The summed E-state index contributed by atoms with van der Waals surface area (Å²) < 4.78 is 92.2. The van der Waals surface area contributed by atoms with Crippen molar-refractivity contribution in [3.05, 3.63) is 59.4 Å². The van der Waals surface area contributed by atoms with Crippen LogP contribution in [0.3, 0.4) is 0 Å². The Balaban J connectivity index is 1.20. The molecule has 3 aromatic rings. The van der Waals surface area contributed by atoms with Crippen molar-refractivity contribution in [2.24, 2.45) is 17.8 Å². The Morgan fingerprint density at radius 1 is 1.06 bits per heavy atom. The summed E-state index contributed by atoms with van der Waals surface area (Å²) in [5.74, 6) is -3.83. The summed E-state index contributed by atoms with van der Waals surface area (Å²) in [6.07, 6.45) is -3.88. The maximum absolute atomic E-state index is 15.5. The summed E-state index contributed by atoms with van der Waals surface area (Å²) in [6, 6.07) is 7.10. The molecule has 0 radical (unpaired) electrons. The largest absolute Gasteiger partial charge is 0.491 e. The number of fused-ring (bicyclic) bond motifs is 2.